The molecule has 0 aliphatic rings. The van der Waals surface area contributed by atoms with Crippen LogP contribution in [-0.2, 0) is 6.18 Å². The summed E-state index contributed by atoms with van der Waals surface area (Å²) in [5, 5.41) is 10.8. The number of alkyl halides is 3. The first kappa shape index (κ1) is 22.4. The first-order valence-electron chi connectivity index (χ1n) is 8.61. The molecule has 0 spiro atoms. The third-order valence-electron chi connectivity index (χ3n) is 3.63. The topological polar surface area (TPSA) is 38.1 Å². The van der Waals surface area contributed by atoms with Gasteiger partial charge in [0.2, 0.25) is 0 Å². The van der Waals surface area contributed by atoms with Crippen LogP contribution in [0.1, 0.15) is 30.7 Å². The molecule has 27 heavy (non-hydrogen) atoms. The summed E-state index contributed by atoms with van der Waals surface area (Å²) in [5.41, 5.74) is 2.90. The quantitative estimate of drug-likeness (QED) is 0.611. The van der Waals surface area contributed by atoms with Crippen LogP contribution in [0.2, 0.25) is 0 Å². The van der Waals surface area contributed by atoms with E-state index in [2.05, 4.69) is 5.10 Å². The molecular formula is C21H25F3N2O. The Kier molecular flexibility index (Phi) is 8.25. The van der Waals surface area contributed by atoms with Crippen molar-refractivity contribution in [2.45, 2.75) is 33.9 Å². The lowest BCUT2D eigenvalue weighted by molar-refractivity contribution is -0.141. The van der Waals surface area contributed by atoms with E-state index in [9.17, 15) is 13.2 Å². The second-order valence-corrected chi connectivity index (χ2v) is 5.53. The first-order chi connectivity index (χ1) is 12.8. The predicted molar refractivity (Wildman–Crippen MR) is 103 cm³/mol. The van der Waals surface area contributed by atoms with Gasteiger partial charge in [0, 0.05) is 12.7 Å². The standard InChI is InChI=1S/C18H15F3N2.C2H6.CH4O/c1-12-3-7-14(8-4-12)16-11-17(18(19,20)21)22-23(16)15-9-5-13(2)6-10-15;2*1-2/h3-11H,1-2H3;1-2H3;2H,1H3. The molecule has 0 unspecified atom stereocenters. The fourth-order valence-corrected chi connectivity index (χ4v) is 2.33. The van der Waals surface area contributed by atoms with E-state index in [0.29, 0.717) is 16.9 Å². The molecule has 2 aromatic carbocycles. The minimum absolute atomic E-state index is 0.418. The van der Waals surface area contributed by atoms with Crippen molar-refractivity contribution in [3.63, 3.8) is 0 Å². The molecular weight excluding hydrogens is 353 g/mol. The molecule has 3 rings (SSSR count). The Labute approximate surface area is 158 Å². The first-order valence-corrected chi connectivity index (χ1v) is 8.61. The van der Waals surface area contributed by atoms with Crippen LogP contribution in [0.3, 0.4) is 0 Å². The van der Waals surface area contributed by atoms with E-state index < -0.39 is 11.9 Å². The van der Waals surface area contributed by atoms with Crippen LogP contribution in [0.15, 0.2) is 54.6 Å². The van der Waals surface area contributed by atoms with Crippen LogP contribution in [-0.4, -0.2) is 22.0 Å². The van der Waals surface area contributed by atoms with Crippen LogP contribution >= 0.6 is 0 Å². The fourth-order valence-electron chi connectivity index (χ4n) is 2.33. The lowest BCUT2D eigenvalue weighted by atomic mass is 10.1. The molecule has 0 saturated carbocycles. The van der Waals surface area contributed by atoms with Gasteiger partial charge in [-0.05, 0) is 32.0 Å². The van der Waals surface area contributed by atoms with Gasteiger partial charge in [-0.15, -0.1) is 0 Å². The Morgan fingerprint density at radius 2 is 1.26 bits per heavy atom. The van der Waals surface area contributed by atoms with Gasteiger partial charge >= 0.3 is 6.18 Å². The van der Waals surface area contributed by atoms with Gasteiger partial charge in [-0.25, -0.2) is 4.68 Å². The zero-order chi connectivity index (χ0) is 20.6. The van der Waals surface area contributed by atoms with Crippen LogP contribution in [0, 0.1) is 13.8 Å². The average molecular weight is 378 g/mol. The largest absolute Gasteiger partial charge is 0.435 e. The van der Waals surface area contributed by atoms with Crippen molar-refractivity contribution >= 4 is 0 Å². The molecule has 0 saturated heterocycles. The number of nitrogens with zero attached hydrogens (tertiary/aromatic N) is 2. The number of aromatic nitrogens is 2. The van der Waals surface area contributed by atoms with Gasteiger partial charge in [-0.1, -0.05) is 61.4 Å². The maximum atomic E-state index is 13.1. The molecule has 3 nitrogen and oxygen atoms in total. The van der Waals surface area contributed by atoms with Crippen molar-refractivity contribution in [3.8, 4) is 16.9 Å². The molecule has 0 radical (unpaired) electrons. The van der Waals surface area contributed by atoms with E-state index in [0.717, 1.165) is 24.3 Å². The summed E-state index contributed by atoms with van der Waals surface area (Å²) in [5.74, 6) is 0. The Bertz CT molecular complexity index is 757. The number of hydrogen-bond donors (Lipinski definition) is 1. The number of halogens is 3. The molecule has 3 aromatic rings. The summed E-state index contributed by atoms with van der Waals surface area (Å²) in [6.45, 7) is 7.86. The molecule has 0 aliphatic carbocycles. The number of aryl methyl sites for hydroxylation is 2. The van der Waals surface area contributed by atoms with Gasteiger partial charge in [0.25, 0.3) is 0 Å². The highest BCUT2D eigenvalue weighted by Crippen LogP contribution is 2.33. The number of benzene rings is 2. The summed E-state index contributed by atoms with van der Waals surface area (Å²) >= 11 is 0. The third-order valence-corrected chi connectivity index (χ3v) is 3.63. The van der Waals surface area contributed by atoms with Gasteiger partial charge in [0.1, 0.15) is 0 Å². The summed E-state index contributed by atoms with van der Waals surface area (Å²) in [4.78, 5) is 0. The minimum Gasteiger partial charge on any atom is -0.400 e. The zero-order valence-corrected chi connectivity index (χ0v) is 16.2. The van der Waals surface area contributed by atoms with E-state index in [4.69, 9.17) is 5.11 Å². The SMILES string of the molecule is CC.CO.Cc1ccc(-c2cc(C(F)(F)F)nn2-c2ccc(C)cc2)cc1. The predicted octanol–water partition coefficient (Wildman–Crippen LogP) is 5.81. The van der Waals surface area contributed by atoms with Gasteiger partial charge in [0.15, 0.2) is 5.69 Å². The van der Waals surface area contributed by atoms with E-state index in [1.54, 1.807) is 24.3 Å². The Balaban J connectivity index is 0.000000855. The molecule has 1 heterocycles. The second kappa shape index (κ2) is 9.92. The number of aliphatic hydroxyl groups is 1. The highest BCUT2D eigenvalue weighted by molar-refractivity contribution is 5.63. The summed E-state index contributed by atoms with van der Waals surface area (Å²) < 4.78 is 40.5. The highest BCUT2D eigenvalue weighted by Gasteiger charge is 2.35. The number of rotatable bonds is 2. The smallest absolute Gasteiger partial charge is 0.400 e. The number of hydrogen-bond acceptors (Lipinski definition) is 2. The number of aliphatic hydroxyl groups excluding tert-OH is 1. The molecule has 6 heteroatoms. The second-order valence-electron chi connectivity index (χ2n) is 5.53. The van der Waals surface area contributed by atoms with Crippen molar-refractivity contribution in [2.75, 3.05) is 7.11 Å². The maximum absolute atomic E-state index is 13.1. The van der Waals surface area contributed by atoms with Crippen molar-refractivity contribution in [1.29, 1.82) is 0 Å². The van der Waals surface area contributed by atoms with Gasteiger partial charge in [0.05, 0.1) is 11.4 Å². The molecule has 0 bridgehead atoms. The minimum atomic E-state index is -4.48. The van der Waals surface area contributed by atoms with Crippen molar-refractivity contribution < 1.29 is 18.3 Å². The summed E-state index contributed by atoms with van der Waals surface area (Å²) in [7, 11) is 1.00. The van der Waals surface area contributed by atoms with E-state index >= 15 is 0 Å². The van der Waals surface area contributed by atoms with Crippen molar-refractivity contribution in [1.82, 2.24) is 9.78 Å². The molecule has 0 aliphatic heterocycles. The Morgan fingerprint density at radius 3 is 1.70 bits per heavy atom. The maximum Gasteiger partial charge on any atom is 0.435 e. The lowest BCUT2D eigenvalue weighted by Gasteiger charge is -2.08. The zero-order valence-electron chi connectivity index (χ0n) is 16.2. The molecule has 0 atom stereocenters. The monoisotopic (exact) mass is 378 g/mol. The van der Waals surface area contributed by atoms with Gasteiger partial charge in [-0.3, -0.25) is 0 Å². The molecule has 146 valence electrons. The highest BCUT2D eigenvalue weighted by atomic mass is 19.4. The van der Waals surface area contributed by atoms with E-state index in [1.807, 2.05) is 52.0 Å². The van der Waals surface area contributed by atoms with Gasteiger partial charge < -0.3 is 5.11 Å². The van der Waals surface area contributed by atoms with Crippen LogP contribution in [0.5, 0.6) is 0 Å². The lowest BCUT2D eigenvalue weighted by Crippen LogP contribution is -2.07. The molecule has 0 fully saturated rings. The fraction of sp³-hybridized carbons (Fsp3) is 0.286. The van der Waals surface area contributed by atoms with Crippen molar-refractivity contribution in [2.24, 2.45) is 0 Å². The Hall–Kier alpha value is -2.60. The average Bonchev–Trinajstić information content (AvgIpc) is 3.12. The van der Waals surface area contributed by atoms with Gasteiger partial charge in [-0.2, -0.15) is 18.3 Å². The Morgan fingerprint density at radius 1 is 0.815 bits per heavy atom. The molecule has 1 aromatic heterocycles. The van der Waals surface area contributed by atoms with Crippen molar-refractivity contribution in [3.05, 3.63) is 71.4 Å². The molecule has 0 amide bonds. The van der Waals surface area contributed by atoms with E-state index in [1.165, 1.54) is 4.68 Å². The third kappa shape index (κ3) is 5.69. The van der Waals surface area contributed by atoms with E-state index in [-0.39, 0.29) is 0 Å². The molecule has 1 N–H and O–H groups in total. The summed E-state index contributed by atoms with van der Waals surface area (Å²) in [6.07, 6.45) is -4.48. The van der Waals surface area contributed by atoms with Crippen LogP contribution in [0.4, 0.5) is 13.2 Å². The van der Waals surface area contributed by atoms with Crippen LogP contribution < -0.4 is 0 Å². The van der Waals surface area contributed by atoms with Crippen LogP contribution in [0.25, 0.3) is 16.9 Å². The normalized spacial score (nSPS) is 10.4. The summed E-state index contributed by atoms with van der Waals surface area (Å²) in [6, 6.07) is 15.7.